The van der Waals surface area contributed by atoms with Gasteiger partial charge in [0.15, 0.2) is 0 Å². The van der Waals surface area contributed by atoms with E-state index in [-0.39, 0.29) is 6.42 Å². The van der Waals surface area contributed by atoms with Crippen LogP contribution < -0.4 is 5.32 Å². The van der Waals surface area contributed by atoms with E-state index in [2.05, 4.69) is 12.2 Å². The maximum atomic E-state index is 10.8. The van der Waals surface area contributed by atoms with Crippen molar-refractivity contribution in [2.45, 2.75) is 64.7 Å². The van der Waals surface area contributed by atoms with Crippen molar-refractivity contribution in [2.75, 3.05) is 14.1 Å². The van der Waals surface area contributed by atoms with Gasteiger partial charge in [0.2, 0.25) is 0 Å². The van der Waals surface area contributed by atoms with Crippen LogP contribution in [0.5, 0.6) is 0 Å². The van der Waals surface area contributed by atoms with Gasteiger partial charge in [0.1, 0.15) is 0 Å². The van der Waals surface area contributed by atoms with Crippen LogP contribution in [0.15, 0.2) is 0 Å². The van der Waals surface area contributed by atoms with E-state index in [0.29, 0.717) is 6.42 Å². The molecule has 0 aromatic carbocycles. The molecule has 0 fully saturated rings. The van der Waals surface area contributed by atoms with Crippen LogP contribution in [0.1, 0.15) is 64.7 Å². The van der Waals surface area contributed by atoms with Gasteiger partial charge in [-0.05, 0) is 20.5 Å². The lowest BCUT2D eigenvalue weighted by Gasteiger charge is -2.00. The molecule has 0 saturated carbocycles. The molecule has 5 nitrogen and oxygen atoms in total. The minimum atomic E-state index is -4.45. The van der Waals surface area contributed by atoms with Gasteiger partial charge in [-0.25, -0.2) is 0 Å². The first-order chi connectivity index (χ1) is 8.90. The molecule has 0 rings (SSSR count). The fourth-order valence-electron chi connectivity index (χ4n) is 1.53. The van der Waals surface area contributed by atoms with Gasteiger partial charge in [-0.1, -0.05) is 51.9 Å². The molecule has 0 bridgehead atoms. The van der Waals surface area contributed by atoms with Crippen LogP contribution in [0.2, 0.25) is 0 Å². The highest BCUT2D eigenvalue weighted by Gasteiger charge is 2.16. The van der Waals surface area contributed by atoms with Gasteiger partial charge in [-0.15, -0.1) is 0 Å². The van der Waals surface area contributed by atoms with Crippen molar-refractivity contribution in [1.82, 2.24) is 5.32 Å². The number of carbonyl (C=O) groups is 1. The van der Waals surface area contributed by atoms with E-state index < -0.39 is 15.2 Å². The first kappa shape index (κ1) is 20.8. The summed E-state index contributed by atoms with van der Waals surface area (Å²) in [5.74, 6) is 0. The van der Waals surface area contributed by atoms with Gasteiger partial charge in [0.25, 0.3) is 5.12 Å². The van der Waals surface area contributed by atoms with Crippen molar-refractivity contribution in [2.24, 2.45) is 0 Å². The molecule has 6 heteroatoms. The van der Waals surface area contributed by atoms with Gasteiger partial charge in [-0.3, -0.25) is 9.35 Å². The first-order valence-electron chi connectivity index (χ1n) is 6.98. The van der Waals surface area contributed by atoms with E-state index >= 15 is 0 Å². The van der Waals surface area contributed by atoms with Gasteiger partial charge in [0, 0.05) is 6.42 Å². The van der Waals surface area contributed by atoms with E-state index in [1.54, 1.807) is 0 Å². The van der Waals surface area contributed by atoms with E-state index in [0.717, 1.165) is 19.3 Å². The number of unbranched alkanes of at least 4 members (excludes halogenated alkanes) is 7. The van der Waals surface area contributed by atoms with Crippen molar-refractivity contribution in [3.8, 4) is 0 Å². The smallest absolute Gasteiger partial charge is 0.323 e. The zero-order valence-corrected chi connectivity index (χ0v) is 13.3. The van der Waals surface area contributed by atoms with Gasteiger partial charge < -0.3 is 5.32 Å². The molecule has 0 aliphatic rings. The van der Waals surface area contributed by atoms with Crippen molar-refractivity contribution in [1.29, 1.82) is 0 Å². The number of carbonyl (C=O) groups excluding carboxylic acids is 1. The molecule has 0 aliphatic carbocycles. The van der Waals surface area contributed by atoms with Gasteiger partial charge in [0.05, 0.1) is 0 Å². The van der Waals surface area contributed by atoms with Crippen LogP contribution in [0.25, 0.3) is 0 Å². The first-order valence-corrected chi connectivity index (χ1v) is 8.42. The molecule has 0 aromatic heterocycles. The third-order valence-electron chi connectivity index (χ3n) is 2.52. The standard InChI is InChI=1S/C11H22O4S.C2H7N/c1-2-3-4-5-6-7-8-9-10-11(12)16(13,14)15;1-3-2/h2-10H2,1H3,(H,13,14,15);3H,1-2H3. The summed E-state index contributed by atoms with van der Waals surface area (Å²) in [7, 11) is -0.696. The molecular formula is C13H29NO4S. The number of hydrogen-bond donors (Lipinski definition) is 2. The Labute approximate surface area is 117 Å². The highest BCUT2D eigenvalue weighted by Crippen LogP contribution is 2.10. The predicted molar refractivity (Wildman–Crippen MR) is 78.8 cm³/mol. The lowest BCUT2D eigenvalue weighted by atomic mass is 10.1. The Morgan fingerprint density at radius 3 is 1.68 bits per heavy atom. The molecule has 0 spiro atoms. The van der Waals surface area contributed by atoms with E-state index in [9.17, 15) is 13.2 Å². The van der Waals surface area contributed by atoms with Crippen LogP contribution in [-0.2, 0) is 14.9 Å². The van der Waals surface area contributed by atoms with Crippen LogP contribution in [0, 0.1) is 0 Å². The molecule has 2 N–H and O–H groups in total. The number of hydrogen-bond acceptors (Lipinski definition) is 4. The maximum absolute atomic E-state index is 10.8. The minimum Gasteiger partial charge on any atom is -0.323 e. The molecule has 0 saturated heterocycles. The Morgan fingerprint density at radius 1 is 0.947 bits per heavy atom. The van der Waals surface area contributed by atoms with Crippen molar-refractivity contribution in [3.63, 3.8) is 0 Å². The molecule has 19 heavy (non-hydrogen) atoms. The van der Waals surface area contributed by atoms with Crippen LogP contribution in [0.3, 0.4) is 0 Å². The normalized spacial score (nSPS) is 10.7. The fourth-order valence-corrected chi connectivity index (χ4v) is 1.93. The van der Waals surface area contributed by atoms with Gasteiger partial charge in [-0.2, -0.15) is 8.42 Å². The topological polar surface area (TPSA) is 83.5 Å². The predicted octanol–water partition coefficient (Wildman–Crippen LogP) is 2.77. The Morgan fingerprint density at radius 2 is 1.32 bits per heavy atom. The fraction of sp³-hybridized carbons (Fsp3) is 0.923. The molecule has 116 valence electrons. The number of rotatable bonds is 9. The van der Waals surface area contributed by atoms with E-state index in [1.807, 2.05) is 14.1 Å². The molecule has 0 atom stereocenters. The van der Waals surface area contributed by atoms with Crippen LogP contribution >= 0.6 is 0 Å². The Hall–Kier alpha value is -0.460. The summed E-state index contributed by atoms with van der Waals surface area (Å²) in [6, 6.07) is 0. The summed E-state index contributed by atoms with van der Waals surface area (Å²) < 4.78 is 29.2. The Balaban J connectivity index is 0. The highest BCUT2D eigenvalue weighted by molar-refractivity contribution is 8.01. The zero-order valence-electron chi connectivity index (χ0n) is 12.4. The minimum absolute atomic E-state index is 0.0617. The lowest BCUT2D eigenvalue weighted by Crippen LogP contribution is -2.12. The monoisotopic (exact) mass is 295 g/mol. The highest BCUT2D eigenvalue weighted by atomic mass is 32.2. The maximum Gasteiger partial charge on any atom is 0.328 e. The summed E-state index contributed by atoms with van der Waals surface area (Å²) in [6.07, 6.45) is 8.46. The quantitative estimate of drug-likeness (QED) is 0.505. The van der Waals surface area contributed by atoms with Gasteiger partial charge >= 0.3 is 10.1 Å². The van der Waals surface area contributed by atoms with Crippen molar-refractivity contribution < 1.29 is 17.8 Å². The summed E-state index contributed by atoms with van der Waals surface area (Å²) >= 11 is 0. The Bertz CT molecular complexity index is 302. The summed E-state index contributed by atoms with van der Waals surface area (Å²) in [4.78, 5) is 10.8. The van der Waals surface area contributed by atoms with Crippen molar-refractivity contribution >= 4 is 15.2 Å². The molecule has 0 heterocycles. The second-order valence-electron chi connectivity index (χ2n) is 4.57. The SMILES string of the molecule is CCCCCCCCCCC(=O)S(=O)(=O)O.CNC. The largest absolute Gasteiger partial charge is 0.328 e. The summed E-state index contributed by atoms with van der Waals surface area (Å²) in [6.45, 7) is 2.17. The summed E-state index contributed by atoms with van der Waals surface area (Å²) in [5.41, 5.74) is 0. The molecule has 0 radical (unpaired) electrons. The van der Waals surface area contributed by atoms with Crippen LogP contribution in [0.4, 0.5) is 0 Å². The third kappa shape index (κ3) is 17.5. The lowest BCUT2D eigenvalue weighted by molar-refractivity contribution is -0.112. The molecule has 0 aromatic rings. The zero-order chi connectivity index (χ0) is 15.1. The molecule has 0 amide bonds. The summed E-state index contributed by atoms with van der Waals surface area (Å²) in [5, 5.41) is 1.69. The van der Waals surface area contributed by atoms with Crippen LogP contribution in [-0.4, -0.2) is 32.2 Å². The van der Waals surface area contributed by atoms with E-state index in [4.69, 9.17) is 4.55 Å². The molecular weight excluding hydrogens is 266 g/mol. The Kier molecular flexibility index (Phi) is 15.3. The molecule has 0 unspecified atom stereocenters. The average molecular weight is 295 g/mol. The van der Waals surface area contributed by atoms with E-state index in [1.165, 1.54) is 25.7 Å². The molecule has 0 aliphatic heterocycles. The second-order valence-corrected chi connectivity index (χ2v) is 5.98. The van der Waals surface area contributed by atoms with Crippen molar-refractivity contribution in [3.05, 3.63) is 0 Å². The second kappa shape index (κ2) is 14.0. The third-order valence-corrected chi connectivity index (χ3v) is 3.30. The average Bonchev–Trinajstić information content (AvgIpc) is 2.32. The number of nitrogens with one attached hydrogen (secondary N) is 1.